The minimum atomic E-state index is -4.86. The molecule has 18 N–H and O–H groups in total. The van der Waals surface area contributed by atoms with Crippen LogP contribution in [0.2, 0.25) is 0 Å². The number of carboxylic acids is 1. The first-order chi connectivity index (χ1) is 52.7. The second kappa shape index (κ2) is 46.0. The van der Waals surface area contributed by atoms with Crippen molar-refractivity contribution < 1.29 is 166 Å². The van der Waals surface area contributed by atoms with Crippen molar-refractivity contribution in [2.24, 2.45) is 5.92 Å². The van der Waals surface area contributed by atoms with Crippen LogP contribution in [0.5, 0.6) is 5.75 Å². The molecular formula is C69H113N8O34P. The number of phenolic OH excluding ortho intramolecular Hbond substituents is 1. The predicted molar refractivity (Wildman–Crippen MR) is 381 cm³/mol. The van der Waals surface area contributed by atoms with Gasteiger partial charge in [0.2, 0.25) is 17.7 Å². The van der Waals surface area contributed by atoms with E-state index >= 15 is 0 Å². The van der Waals surface area contributed by atoms with Crippen molar-refractivity contribution in [1.82, 2.24) is 41.6 Å². The molecule has 42 nitrogen and oxygen atoms in total. The second-order valence-corrected chi connectivity index (χ2v) is 30.1. The number of hydrogen-bond acceptors (Lipinski definition) is 33. The molecule has 638 valence electrons. The van der Waals surface area contributed by atoms with Crippen LogP contribution in [0.25, 0.3) is 0 Å². The van der Waals surface area contributed by atoms with E-state index < -0.39 is 217 Å². The highest BCUT2D eigenvalue weighted by atomic mass is 31.2. The fraction of sp³-hybridized carbons (Fsp3) is 0.768. The van der Waals surface area contributed by atoms with E-state index in [9.17, 15) is 98.9 Å². The zero-order valence-electron chi connectivity index (χ0n) is 64.0. The van der Waals surface area contributed by atoms with Gasteiger partial charge in [-0.1, -0.05) is 24.5 Å². The first kappa shape index (κ1) is 95.7. The normalized spacial score (nSPS) is 23.5. The molecule has 2 aromatic rings. The number of hydrogen-bond donors (Lipinski definition) is 18. The Bertz CT molecular complexity index is 3340. The Balaban J connectivity index is 1.05. The van der Waals surface area contributed by atoms with Gasteiger partial charge in [-0.2, -0.15) is 0 Å². The van der Waals surface area contributed by atoms with E-state index in [0.29, 0.717) is 24.0 Å². The van der Waals surface area contributed by atoms with E-state index in [2.05, 4.69) is 50.9 Å². The van der Waals surface area contributed by atoms with Crippen LogP contribution >= 0.6 is 7.82 Å². The van der Waals surface area contributed by atoms with Crippen molar-refractivity contribution in [3.05, 3.63) is 40.7 Å². The van der Waals surface area contributed by atoms with Gasteiger partial charge in [0.05, 0.1) is 75.4 Å². The van der Waals surface area contributed by atoms with Crippen molar-refractivity contribution in [1.29, 1.82) is 0 Å². The number of aliphatic carboxylic acids is 1. The molecule has 3 heterocycles. The number of phosphoric ester groups is 1. The zero-order chi connectivity index (χ0) is 83.3. The summed E-state index contributed by atoms with van der Waals surface area (Å²) in [4.78, 5) is 110. The molecule has 12 unspecified atom stereocenters. The quantitative estimate of drug-likeness (QED) is 0.0144. The molecule has 3 aliphatic rings. The summed E-state index contributed by atoms with van der Waals surface area (Å²) in [5.41, 5.74) is -0.375. The summed E-state index contributed by atoms with van der Waals surface area (Å²) in [6, 6.07) is 1.88. The number of esters is 1. The number of rotatable bonds is 50. The van der Waals surface area contributed by atoms with Crippen LogP contribution in [0.15, 0.2) is 18.3 Å². The lowest BCUT2D eigenvalue weighted by Gasteiger charge is -2.47. The van der Waals surface area contributed by atoms with Crippen LogP contribution < -0.4 is 26.6 Å². The summed E-state index contributed by atoms with van der Waals surface area (Å²) in [6.07, 6.45) is -18.7. The minimum absolute atomic E-state index is 0.00649. The van der Waals surface area contributed by atoms with Gasteiger partial charge in [-0.25, -0.2) is 23.6 Å². The number of carbonyl (C=O) groups is 8. The van der Waals surface area contributed by atoms with Crippen molar-refractivity contribution >= 4 is 55.5 Å². The Kier molecular flexibility index (Phi) is 39.4. The summed E-state index contributed by atoms with van der Waals surface area (Å²) >= 11 is 0. The van der Waals surface area contributed by atoms with Crippen LogP contribution in [-0.2, 0) is 96.3 Å². The third kappa shape index (κ3) is 31.4. The highest BCUT2D eigenvalue weighted by molar-refractivity contribution is 7.47. The summed E-state index contributed by atoms with van der Waals surface area (Å²) in [6.45, 7) is 5.79. The fourth-order valence-corrected chi connectivity index (χ4v) is 13.1. The molecule has 1 aliphatic carbocycles. The number of ether oxygens (including phenoxy) is 10. The molecular weight excluding hydrogens is 1520 g/mol. The highest BCUT2D eigenvalue weighted by Gasteiger charge is 2.56. The first-order valence-electron chi connectivity index (χ1n) is 36.9. The molecule has 1 aromatic heterocycles. The van der Waals surface area contributed by atoms with Crippen LogP contribution in [0.3, 0.4) is 0 Å². The number of aromatic hydroxyl groups is 1. The van der Waals surface area contributed by atoms with Crippen molar-refractivity contribution in [3.8, 4) is 5.75 Å². The lowest BCUT2D eigenvalue weighted by Crippen LogP contribution is -2.63. The van der Waals surface area contributed by atoms with E-state index in [1.165, 1.54) is 44.5 Å². The number of amides is 5. The maximum absolute atomic E-state index is 13.6. The average molecular weight is 1630 g/mol. The molecule has 1 saturated carbocycles. The Morgan fingerprint density at radius 2 is 1.45 bits per heavy atom. The Hall–Kier alpha value is -6.85. The number of phenols is 1. The van der Waals surface area contributed by atoms with Gasteiger partial charge in [0.25, 0.3) is 23.9 Å². The smallest absolute Gasteiger partial charge is 0.507 e. The summed E-state index contributed by atoms with van der Waals surface area (Å²) in [7, 11) is -4.86. The summed E-state index contributed by atoms with van der Waals surface area (Å²) in [5, 5.41) is 149. The molecule has 17 atom stereocenters. The molecule has 112 heavy (non-hydrogen) atoms. The van der Waals surface area contributed by atoms with Gasteiger partial charge < -0.3 is 140 Å². The van der Waals surface area contributed by atoms with Gasteiger partial charge in [-0.15, -0.1) is 5.10 Å². The van der Waals surface area contributed by atoms with Gasteiger partial charge in [-0.3, -0.25) is 33.0 Å². The van der Waals surface area contributed by atoms with Gasteiger partial charge in [-0.05, 0) is 111 Å². The molecule has 5 amide bonds. The second-order valence-electron chi connectivity index (χ2n) is 28.6. The molecule has 1 aromatic carbocycles. The highest BCUT2D eigenvalue weighted by Crippen LogP contribution is 2.43. The summed E-state index contributed by atoms with van der Waals surface area (Å²) < 4.78 is 78.5. The number of carboxylic acid groups (broad SMARTS) is 2. The Morgan fingerprint density at radius 3 is 2.07 bits per heavy atom. The molecule has 43 heteroatoms. The molecule has 3 fully saturated rings. The minimum Gasteiger partial charge on any atom is -0.507 e. The lowest BCUT2D eigenvalue weighted by atomic mass is 9.80. The number of benzene rings is 1. The number of aliphatic hydroxyl groups is 9. The Morgan fingerprint density at radius 1 is 0.786 bits per heavy atom. The molecule has 0 spiro atoms. The van der Waals surface area contributed by atoms with E-state index in [4.69, 9.17) is 52.6 Å². The van der Waals surface area contributed by atoms with E-state index in [1.54, 1.807) is 33.9 Å². The zero-order valence-corrected chi connectivity index (χ0v) is 64.9. The predicted octanol–water partition coefficient (Wildman–Crippen LogP) is -2.24. The van der Waals surface area contributed by atoms with E-state index in [-0.39, 0.29) is 88.4 Å². The monoisotopic (exact) mass is 1630 g/mol. The molecule has 0 radical (unpaired) electrons. The van der Waals surface area contributed by atoms with Gasteiger partial charge in [0.15, 0.2) is 12.6 Å². The van der Waals surface area contributed by atoms with Gasteiger partial charge >= 0.3 is 25.9 Å². The van der Waals surface area contributed by atoms with Crippen molar-refractivity contribution in [3.63, 3.8) is 0 Å². The number of aryl methyl sites for hydroxylation is 2. The third-order valence-electron chi connectivity index (χ3n) is 18.6. The third-order valence-corrected chi connectivity index (χ3v) is 19.6. The molecule has 2 saturated heterocycles. The Labute approximate surface area is 646 Å². The molecule has 2 aliphatic heterocycles. The van der Waals surface area contributed by atoms with Crippen LogP contribution in [0.4, 0.5) is 4.79 Å². The topological polar surface area (TPSA) is 618 Å². The van der Waals surface area contributed by atoms with Crippen LogP contribution in [0.1, 0.15) is 152 Å². The van der Waals surface area contributed by atoms with Gasteiger partial charge in [0.1, 0.15) is 67.7 Å². The summed E-state index contributed by atoms with van der Waals surface area (Å²) in [5.74, 6) is -9.51. The van der Waals surface area contributed by atoms with Gasteiger partial charge in [0, 0.05) is 88.1 Å². The van der Waals surface area contributed by atoms with Crippen LogP contribution in [-0.4, -0.2) is 317 Å². The maximum atomic E-state index is 13.6. The number of aromatic nitrogens is 3. The van der Waals surface area contributed by atoms with Crippen molar-refractivity contribution in [2.45, 2.75) is 248 Å². The molecule has 5 rings (SSSR count). The fourth-order valence-electron chi connectivity index (χ4n) is 12.4. The SMILES string of the molecule is Cc1cc(C(=O)NC[C@@H](O)CC2O[C@@](OCC(OC(OC3C(CO)OC(OCCNC(=O)CCCC(=O)NCCCOC(C)(C)CCOC(C)(C)C(=O)NCCOP(=O)(O)OCC(OC(=O)O)OC(=O)CO)C(O)C3O)[C@@H](O)CO)[C@@H](C)O)(C(=O)O)C[C@@H](O)C2C(C)NC(=O)Cn2cc(C3CCCCC3)nn2)cc(C)c1O. The van der Waals surface area contributed by atoms with E-state index in [0.717, 1.165) is 37.8 Å². The van der Waals surface area contributed by atoms with Crippen molar-refractivity contribution in [2.75, 3.05) is 85.6 Å². The standard InChI is InChI=1S/C69H113N8O34P/c1-38-26-43(27-39(2)57(38)89)61(92)73-30-44(82)28-48-56(40(3)74-53(87)32-77-31-45(75-76-77)42-14-10-9-11-15-42)46(83)29-69(111-48,65(94)95)103-36-50(41(4)81)107-62(47(84)33-78)110-60-49(34-79)106-63(59(91)58(60)90)100-24-20-71-52(86)17-12-16-51(85)70-19-13-22-101-67(5,6)18-23-102-68(7,8)64(93)72-21-25-104-112(98,99)105-37-55(109-66(96)97)108-54(88)35-80/h26-27,31,40-42,44,46-50,55-56,58-60,62-63,78-84,89-91H,9-25,28-30,32-37H2,1-8H3,(H,70,85)(H,71,86)(H,72,93)(H,73,92)(H,74,87)(H,94,95)(H,96,97)(H,98,99)/t40?,41-,44+,46-,47+,48?,49?,50?,55?,56?,58?,59?,60?,62?,63?,69-/m1/s1. The number of aliphatic hydroxyl groups excluding tert-OH is 9. The molecule has 0 bridgehead atoms. The number of nitrogens with one attached hydrogen (secondary N) is 5. The van der Waals surface area contributed by atoms with E-state index in [1.807, 2.05) is 0 Å². The average Bonchev–Trinajstić information content (AvgIpc) is 0.804. The largest absolute Gasteiger partial charge is 0.508 e. The first-order valence-corrected chi connectivity index (χ1v) is 38.4. The lowest BCUT2D eigenvalue weighted by molar-refractivity contribution is -0.348. The van der Waals surface area contributed by atoms with Crippen LogP contribution in [0, 0.1) is 19.8 Å². The maximum Gasteiger partial charge on any atom is 0.508 e. The number of carbonyl (C=O) groups excluding carboxylic acids is 6. The number of phosphoric acid groups is 1. The number of nitrogens with zero attached hydrogens (tertiary/aromatic N) is 3.